The van der Waals surface area contributed by atoms with E-state index in [0.717, 1.165) is 30.1 Å². The highest BCUT2D eigenvalue weighted by atomic mass is 35.5. The number of nitrogens with zero attached hydrogens (tertiary/aromatic N) is 2. The van der Waals surface area contributed by atoms with E-state index in [2.05, 4.69) is 30.7 Å². The van der Waals surface area contributed by atoms with Crippen LogP contribution >= 0.6 is 23.2 Å². The first-order valence-corrected chi connectivity index (χ1v) is 7.74. The minimum Gasteiger partial charge on any atom is -0.221 e. The van der Waals surface area contributed by atoms with Crippen molar-refractivity contribution in [3.05, 3.63) is 21.7 Å². The van der Waals surface area contributed by atoms with Gasteiger partial charge in [0.15, 0.2) is 0 Å². The molecule has 0 N–H and O–H groups in total. The second-order valence-corrected chi connectivity index (χ2v) is 7.42. The second kappa shape index (κ2) is 5.57. The Morgan fingerprint density at radius 1 is 0.947 bits per heavy atom. The molecule has 1 aromatic heterocycles. The smallest absolute Gasteiger partial charge is 0.137 e. The van der Waals surface area contributed by atoms with Crippen LogP contribution in [-0.2, 0) is 0 Å². The molecule has 1 saturated carbocycles. The van der Waals surface area contributed by atoms with Crippen molar-refractivity contribution in [1.29, 1.82) is 0 Å². The van der Waals surface area contributed by atoms with E-state index < -0.39 is 0 Å². The molecule has 2 nitrogen and oxygen atoms in total. The van der Waals surface area contributed by atoms with E-state index in [1.165, 1.54) is 12.8 Å². The third-order valence-corrected chi connectivity index (χ3v) is 5.10. The molecule has 2 rings (SSSR count). The van der Waals surface area contributed by atoms with Gasteiger partial charge in [0.25, 0.3) is 0 Å². The molecule has 19 heavy (non-hydrogen) atoms. The summed E-state index contributed by atoms with van der Waals surface area (Å²) in [5.41, 5.74) is 1.17. The first-order valence-electron chi connectivity index (χ1n) is 6.98. The van der Waals surface area contributed by atoms with Crippen LogP contribution in [0.15, 0.2) is 0 Å². The van der Waals surface area contributed by atoms with Crippen molar-refractivity contribution in [2.24, 2.45) is 11.3 Å². The topological polar surface area (TPSA) is 25.8 Å². The van der Waals surface area contributed by atoms with Crippen molar-refractivity contribution in [2.45, 2.75) is 59.3 Å². The SMILES string of the molecule is Cc1c(Cl)nc(C2CCC(C(C)(C)C)CC2)nc1Cl. The second-order valence-electron chi connectivity index (χ2n) is 6.70. The first-order chi connectivity index (χ1) is 8.79. The molecular weight excluding hydrogens is 279 g/mol. The van der Waals surface area contributed by atoms with Crippen LogP contribution in [0.2, 0.25) is 10.3 Å². The summed E-state index contributed by atoms with van der Waals surface area (Å²) in [4.78, 5) is 8.83. The van der Waals surface area contributed by atoms with E-state index >= 15 is 0 Å². The van der Waals surface area contributed by atoms with E-state index in [4.69, 9.17) is 23.2 Å². The van der Waals surface area contributed by atoms with Gasteiger partial charge in [0.2, 0.25) is 0 Å². The summed E-state index contributed by atoms with van der Waals surface area (Å²) in [6.45, 7) is 8.83. The van der Waals surface area contributed by atoms with Crippen LogP contribution in [0, 0.1) is 18.3 Å². The Morgan fingerprint density at radius 3 is 1.84 bits per heavy atom. The van der Waals surface area contributed by atoms with E-state index in [-0.39, 0.29) is 0 Å². The highest BCUT2D eigenvalue weighted by Gasteiger charge is 2.31. The number of hydrogen-bond donors (Lipinski definition) is 0. The highest BCUT2D eigenvalue weighted by molar-refractivity contribution is 6.34. The molecule has 0 radical (unpaired) electrons. The lowest BCUT2D eigenvalue weighted by Crippen LogP contribution is -2.25. The van der Waals surface area contributed by atoms with Gasteiger partial charge in [0.1, 0.15) is 16.1 Å². The predicted octanol–water partition coefficient (Wildman–Crippen LogP) is 5.41. The molecule has 0 bridgehead atoms. The van der Waals surface area contributed by atoms with E-state index in [1.54, 1.807) is 0 Å². The molecule has 0 unspecified atom stereocenters. The van der Waals surface area contributed by atoms with Crippen molar-refractivity contribution in [3.63, 3.8) is 0 Å². The normalized spacial score (nSPS) is 24.5. The molecule has 0 aliphatic heterocycles. The predicted molar refractivity (Wildman–Crippen MR) is 80.9 cm³/mol. The number of hydrogen-bond acceptors (Lipinski definition) is 2. The minimum absolute atomic E-state index is 0.397. The zero-order chi connectivity index (χ0) is 14.2. The molecule has 1 aromatic rings. The lowest BCUT2D eigenvalue weighted by atomic mass is 9.70. The van der Waals surface area contributed by atoms with Gasteiger partial charge in [-0.15, -0.1) is 0 Å². The fourth-order valence-electron chi connectivity index (χ4n) is 2.88. The number of rotatable bonds is 1. The Labute approximate surface area is 125 Å². The average molecular weight is 301 g/mol. The van der Waals surface area contributed by atoms with Gasteiger partial charge in [0, 0.05) is 11.5 Å². The molecule has 1 aliphatic carbocycles. The van der Waals surface area contributed by atoms with Crippen LogP contribution in [0.3, 0.4) is 0 Å². The van der Waals surface area contributed by atoms with Gasteiger partial charge in [-0.25, -0.2) is 9.97 Å². The zero-order valence-corrected chi connectivity index (χ0v) is 13.6. The first kappa shape index (κ1) is 15.1. The van der Waals surface area contributed by atoms with Gasteiger partial charge in [-0.3, -0.25) is 0 Å². The van der Waals surface area contributed by atoms with Gasteiger partial charge in [0.05, 0.1) is 0 Å². The number of aromatic nitrogens is 2. The monoisotopic (exact) mass is 300 g/mol. The lowest BCUT2D eigenvalue weighted by molar-refractivity contribution is 0.167. The summed E-state index contributed by atoms with van der Waals surface area (Å²) in [6, 6.07) is 0. The van der Waals surface area contributed by atoms with Crippen LogP contribution in [0.5, 0.6) is 0 Å². The summed E-state index contributed by atoms with van der Waals surface area (Å²) in [6.07, 6.45) is 4.75. The van der Waals surface area contributed by atoms with Crippen LogP contribution in [0.4, 0.5) is 0 Å². The van der Waals surface area contributed by atoms with Crippen molar-refractivity contribution in [1.82, 2.24) is 9.97 Å². The maximum Gasteiger partial charge on any atom is 0.137 e. The Hall–Kier alpha value is -0.340. The van der Waals surface area contributed by atoms with Crippen LogP contribution in [-0.4, -0.2) is 9.97 Å². The van der Waals surface area contributed by atoms with E-state index in [9.17, 15) is 0 Å². The fraction of sp³-hybridized carbons (Fsp3) is 0.733. The molecule has 1 heterocycles. The maximum absolute atomic E-state index is 6.10. The number of halogens is 2. The average Bonchev–Trinajstić information content (AvgIpc) is 2.34. The summed E-state index contributed by atoms with van der Waals surface area (Å²) < 4.78 is 0. The molecule has 106 valence electrons. The van der Waals surface area contributed by atoms with Crippen molar-refractivity contribution < 1.29 is 0 Å². The Kier molecular flexibility index (Phi) is 4.42. The quantitative estimate of drug-likeness (QED) is 0.648. The van der Waals surface area contributed by atoms with Crippen molar-refractivity contribution >= 4 is 23.2 Å². The van der Waals surface area contributed by atoms with Gasteiger partial charge < -0.3 is 0 Å². The standard InChI is InChI=1S/C15H22Cl2N2/c1-9-12(16)18-14(19-13(9)17)10-5-7-11(8-6-10)15(2,3)4/h10-11H,5-8H2,1-4H3. The summed E-state index contributed by atoms with van der Waals surface area (Å²) in [5, 5.41) is 0.987. The Balaban J connectivity index is 2.10. The minimum atomic E-state index is 0.397. The van der Waals surface area contributed by atoms with Crippen LogP contribution < -0.4 is 0 Å². The van der Waals surface area contributed by atoms with E-state index in [0.29, 0.717) is 21.6 Å². The molecule has 0 saturated heterocycles. The van der Waals surface area contributed by atoms with Crippen LogP contribution in [0.25, 0.3) is 0 Å². The largest absolute Gasteiger partial charge is 0.221 e. The van der Waals surface area contributed by atoms with Crippen LogP contribution in [0.1, 0.15) is 63.8 Å². The van der Waals surface area contributed by atoms with Gasteiger partial charge in [-0.1, -0.05) is 44.0 Å². The Bertz CT molecular complexity index is 435. The third-order valence-electron chi connectivity index (χ3n) is 4.36. The van der Waals surface area contributed by atoms with Gasteiger partial charge >= 0.3 is 0 Å². The van der Waals surface area contributed by atoms with Gasteiger partial charge in [-0.2, -0.15) is 0 Å². The van der Waals surface area contributed by atoms with Crippen molar-refractivity contribution in [3.8, 4) is 0 Å². The molecule has 0 amide bonds. The highest BCUT2D eigenvalue weighted by Crippen LogP contribution is 2.42. The summed E-state index contributed by atoms with van der Waals surface area (Å²) in [7, 11) is 0. The molecule has 1 aliphatic rings. The van der Waals surface area contributed by atoms with Gasteiger partial charge in [-0.05, 0) is 43.9 Å². The molecule has 0 aromatic carbocycles. The maximum atomic E-state index is 6.10. The zero-order valence-electron chi connectivity index (χ0n) is 12.1. The Morgan fingerprint density at radius 2 is 1.42 bits per heavy atom. The molecular formula is C15H22Cl2N2. The summed E-state index contributed by atoms with van der Waals surface area (Å²) >= 11 is 12.2. The molecule has 0 atom stereocenters. The lowest BCUT2D eigenvalue weighted by Gasteiger charge is -2.36. The fourth-order valence-corrected chi connectivity index (χ4v) is 3.28. The molecule has 0 spiro atoms. The molecule has 1 fully saturated rings. The molecule has 4 heteroatoms. The van der Waals surface area contributed by atoms with E-state index in [1.807, 2.05) is 6.92 Å². The summed E-state index contributed by atoms with van der Waals surface area (Å²) in [5.74, 6) is 2.03. The third kappa shape index (κ3) is 3.41. The van der Waals surface area contributed by atoms with Crippen molar-refractivity contribution in [2.75, 3.05) is 0 Å².